The number of nitrogens with zero attached hydrogens (tertiary/aromatic N) is 1. The number of carbonyl (C=O) groups excluding carboxylic acids is 3. The van der Waals surface area contributed by atoms with E-state index in [-0.39, 0.29) is 5.91 Å². The number of urea groups is 1. The first-order valence-corrected chi connectivity index (χ1v) is 10.5. The lowest BCUT2D eigenvalue weighted by molar-refractivity contribution is -0.118. The van der Waals surface area contributed by atoms with Crippen molar-refractivity contribution < 1.29 is 19.1 Å². The van der Waals surface area contributed by atoms with Gasteiger partial charge in [-0.15, -0.1) is 0 Å². The number of carbonyl (C=O) groups is 3. The number of hydrogen-bond acceptors (Lipinski definition) is 4. The quantitative estimate of drug-likeness (QED) is 0.508. The molecule has 2 aromatic rings. The number of hydrogen-bond donors (Lipinski definition) is 2. The van der Waals surface area contributed by atoms with Crippen LogP contribution in [0.4, 0.5) is 15.3 Å². The molecule has 1 heterocycles. The second kappa shape index (κ2) is 9.64. The predicted molar refractivity (Wildman–Crippen MR) is 120 cm³/mol. The minimum Gasteiger partial charge on any atom is -0.444 e. The van der Waals surface area contributed by atoms with Gasteiger partial charge in [-0.2, -0.15) is 0 Å². The molecule has 4 amide bonds. The highest BCUT2D eigenvalue weighted by Gasteiger charge is 2.39. The van der Waals surface area contributed by atoms with Gasteiger partial charge in [-0.25, -0.2) is 14.5 Å². The van der Waals surface area contributed by atoms with Crippen LogP contribution in [-0.4, -0.2) is 36.2 Å². The maximum Gasteiger partial charge on any atom is 0.407 e. The van der Waals surface area contributed by atoms with Gasteiger partial charge < -0.3 is 15.4 Å². The third kappa shape index (κ3) is 5.84. The molecule has 0 bridgehead atoms. The number of anilines is 1. The van der Waals surface area contributed by atoms with Crippen LogP contribution in [0.1, 0.15) is 40.0 Å². The van der Waals surface area contributed by atoms with Crippen LogP contribution in [0.15, 0.2) is 54.6 Å². The van der Waals surface area contributed by atoms with E-state index >= 15 is 0 Å². The summed E-state index contributed by atoms with van der Waals surface area (Å²) in [5, 5.41) is 5.49. The average Bonchev–Trinajstić information content (AvgIpc) is 3.00. The summed E-state index contributed by atoms with van der Waals surface area (Å²) < 4.78 is 5.19. The van der Waals surface area contributed by atoms with Gasteiger partial charge in [0.1, 0.15) is 11.6 Å². The van der Waals surface area contributed by atoms with Crippen molar-refractivity contribution in [1.82, 2.24) is 10.6 Å². The van der Waals surface area contributed by atoms with Gasteiger partial charge in [0, 0.05) is 12.1 Å². The molecule has 2 aromatic carbocycles. The van der Waals surface area contributed by atoms with Crippen molar-refractivity contribution in [2.75, 3.05) is 11.4 Å². The fraction of sp³-hybridized carbons (Fsp3) is 0.375. The Morgan fingerprint density at radius 3 is 2.42 bits per heavy atom. The third-order valence-corrected chi connectivity index (χ3v) is 4.84. The zero-order chi connectivity index (χ0) is 22.4. The summed E-state index contributed by atoms with van der Waals surface area (Å²) in [6.07, 6.45) is 1.41. The highest BCUT2D eigenvalue weighted by atomic mass is 16.6. The van der Waals surface area contributed by atoms with E-state index in [4.69, 9.17) is 4.74 Å². The fourth-order valence-corrected chi connectivity index (χ4v) is 3.46. The molecule has 0 spiro atoms. The van der Waals surface area contributed by atoms with E-state index in [1.54, 1.807) is 6.07 Å². The number of rotatable bonds is 7. The first-order valence-electron chi connectivity index (χ1n) is 10.5. The molecule has 1 aliphatic heterocycles. The van der Waals surface area contributed by atoms with Gasteiger partial charge in [-0.05, 0) is 51.7 Å². The summed E-state index contributed by atoms with van der Waals surface area (Å²) in [7, 11) is 0. The van der Waals surface area contributed by atoms with E-state index < -0.39 is 23.8 Å². The van der Waals surface area contributed by atoms with Crippen molar-refractivity contribution in [2.45, 2.75) is 51.7 Å². The normalized spacial score (nSPS) is 16.2. The number of benzene rings is 2. The molecule has 1 aliphatic rings. The number of nitrogens with one attached hydrogen (secondary N) is 2. The molecular formula is C24H29N3O4. The van der Waals surface area contributed by atoms with Crippen molar-refractivity contribution in [1.29, 1.82) is 0 Å². The lowest BCUT2D eigenvalue weighted by Gasteiger charge is -2.19. The molecule has 31 heavy (non-hydrogen) atoms. The summed E-state index contributed by atoms with van der Waals surface area (Å²) in [6.45, 7) is 5.87. The molecule has 0 unspecified atom stereocenters. The predicted octanol–water partition coefficient (Wildman–Crippen LogP) is 4.47. The molecule has 1 atom stereocenters. The number of imide groups is 1. The summed E-state index contributed by atoms with van der Waals surface area (Å²) in [6, 6.07) is 16.1. The Hall–Kier alpha value is -3.35. The SMILES string of the molecule is CC(C)(C)OC(=O)NCCCC[C@@H]1NC(=O)N(c2ccccc2-c2ccccc2)C1=O. The van der Waals surface area contributed by atoms with Crippen LogP contribution in [0.5, 0.6) is 0 Å². The van der Waals surface area contributed by atoms with E-state index in [0.717, 1.165) is 11.1 Å². The number of alkyl carbamates (subject to hydrolysis) is 1. The van der Waals surface area contributed by atoms with E-state index in [9.17, 15) is 14.4 Å². The van der Waals surface area contributed by atoms with Crippen LogP contribution in [0.3, 0.4) is 0 Å². The molecule has 1 saturated heterocycles. The zero-order valence-electron chi connectivity index (χ0n) is 18.2. The molecule has 7 nitrogen and oxygen atoms in total. The smallest absolute Gasteiger partial charge is 0.407 e. The summed E-state index contributed by atoms with van der Waals surface area (Å²) in [5.74, 6) is -0.256. The molecule has 0 saturated carbocycles. The minimum absolute atomic E-state index is 0.256. The monoisotopic (exact) mass is 423 g/mol. The standard InChI is InChI=1S/C24H29N3O4/c1-24(2,3)31-23(30)25-16-10-9-14-19-21(28)27(22(29)26-19)20-15-8-7-13-18(20)17-11-5-4-6-12-17/h4-8,11-13,15,19H,9-10,14,16H2,1-3H3,(H,25,30)(H,26,29)/t19-/m0/s1. The van der Waals surface area contributed by atoms with Crippen LogP contribution < -0.4 is 15.5 Å². The van der Waals surface area contributed by atoms with Gasteiger partial charge in [0.25, 0.3) is 5.91 Å². The van der Waals surface area contributed by atoms with Crippen LogP contribution in [-0.2, 0) is 9.53 Å². The first-order chi connectivity index (χ1) is 14.8. The Morgan fingerprint density at radius 1 is 1.03 bits per heavy atom. The average molecular weight is 424 g/mol. The minimum atomic E-state index is -0.571. The Bertz CT molecular complexity index is 937. The largest absolute Gasteiger partial charge is 0.444 e. The van der Waals surface area contributed by atoms with Gasteiger partial charge in [0.05, 0.1) is 5.69 Å². The van der Waals surface area contributed by atoms with Gasteiger partial charge in [-0.1, -0.05) is 48.5 Å². The highest BCUT2D eigenvalue weighted by Crippen LogP contribution is 2.32. The Morgan fingerprint density at radius 2 is 1.71 bits per heavy atom. The van der Waals surface area contributed by atoms with Gasteiger partial charge >= 0.3 is 12.1 Å². The van der Waals surface area contributed by atoms with Crippen molar-refractivity contribution in [3.05, 3.63) is 54.6 Å². The molecule has 164 valence electrons. The topological polar surface area (TPSA) is 87.7 Å². The summed E-state index contributed by atoms with van der Waals surface area (Å²) in [4.78, 5) is 38.5. The molecule has 0 radical (unpaired) electrons. The van der Waals surface area contributed by atoms with E-state index in [1.807, 2.05) is 69.3 Å². The number of amides is 4. The van der Waals surface area contributed by atoms with E-state index in [2.05, 4.69) is 10.6 Å². The van der Waals surface area contributed by atoms with Crippen LogP contribution in [0, 0.1) is 0 Å². The molecule has 0 aromatic heterocycles. The molecule has 7 heteroatoms. The second-order valence-corrected chi connectivity index (χ2v) is 8.48. The zero-order valence-corrected chi connectivity index (χ0v) is 18.2. The lowest BCUT2D eigenvalue weighted by atomic mass is 10.0. The number of unbranched alkanes of at least 4 members (excludes halogenated alkanes) is 1. The van der Waals surface area contributed by atoms with Crippen molar-refractivity contribution in [3.63, 3.8) is 0 Å². The highest BCUT2D eigenvalue weighted by molar-refractivity contribution is 6.22. The van der Waals surface area contributed by atoms with Gasteiger partial charge in [-0.3, -0.25) is 4.79 Å². The van der Waals surface area contributed by atoms with E-state index in [0.29, 0.717) is 31.5 Å². The van der Waals surface area contributed by atoms with Crippen LogP contribution in [0.2, 0.25) is 0 Å². The Labute approximate surface area is 182 Å². The van der Waals surface area contributed by atoms with Gasteiger partial charge in [0.2, 0.25) is 0 Å². The molecule has 1 fully saturated rings. The van der Waals surface area contributed by atoms with E-state index in [1.165, 1.54) is 4.90 Å². The van der Waals surface area contributed by atoms with Gasteiger partial charge in [0.15, 0.2) is 0 Å². The Balaban J connectivity index is 1.57. The third-order valence-electron chi connectivity index (χ3n) is 4.84. The maximum absolute atomic E-state index is 13.0. The second-order valence-electron chi connectivity index (χ2n) is 8.48. The fourth-order valence-electron chi connectivity index (χ4n) is 3.46. The molecule has 0 aliphatic carbocycles. The summed E-state index contributed by atoms with van der Waals surface area (Å²) in [5.41, 5.74) is 1.80. The van der Waals surface area contributed by atoms with Crippen LogP contribution in [0.25, 0.3) is 11.1 Å². The van der Waals surface area contributed by atoms with Crippen molar-refractivity contribution in [2.24, 2.45) is 0 Å². The maximum atomic E-state index is 13.0. The summed E-state index contributed by atoms with van der Waals surface area (Å²) >= 11 is 0. The molecule has 3 rings (SSSR count). The van der Waals surface area contributed by atoms with Crippen molar-refractivity contribution >= 4 is 23.7 Å². The van der Waals surface area contributed by atoms with Crippen LogP contribution >= 0.6 is 0 Å². The number of ether oxygens (including phenoxy) is 1. The number of para-hydroxylation sites is 1. The first kappa shape index (κ1) is 22.3. The Kier molecular flexibility index (Phi) is 6.95. The lowest BCUT2D eigenvalue weighted by Crippen LogP contribution is -2.33. The molecule has 2 N–H and O–H groups in total. The van der Waals surface area contributed by atoms with Crippen molar-refractivity contribution in [3.8, 4) is 11.1 Å². The molecular weight excluding hydrogens is 394 g/mol.